The standard InChI is InChI=1S/C11H9BrN2O4/c1-5-2-3-6(4-7(5)14(17)18)8-9(12)11(16)13-10(8)15/h2-4,8-9H,1H3,(H,13,15,16). The van der Waals surface area contributed by atoms with Gasteiger partial charge in [-0.05, 0) is 12.5 Å². The molecule has 0 aliphatic carbocycles. The molecule has 1 saturated heterocycles. The minimum absolute atomic E-state index is 0.0562. The number of nitro benzene ring substituents is 1. The molecule has 2 atom stereocenters. The van der Waals surface area contributed by atoms with Crippen molar-refractivity contribution >= 4 is 33.4 Å². The lowest BCUT2D eigenvalue weighted by atomic mass is 9.96. The van der Waals surface area contributed by atoms with Crippen LogP contribution >= 0.6 is 15.9 Å². The first-order valence-electron chi connectivity index (χ1n) is 5.15. The number of hydrogen-bond acceptors (Lipinski definition) is 4. The van der Waals surface area contributed by atoms with Gasteiger partial charge < -0.3 is 0 Å². The quantitative estimate of drug-likeness (QED) is 0.387. The monoisotopic (exact) mass is 312 g/mol. The first kappa shape index (κ1) is 12.7. The molecule has 2 amide bonds. The van der Waals surface area contributed by atoms with Crippen molar-refractivity contribution in [3.05, 3.63) is 39.4 Å². The zero-order valence-corrected chi connectivity index (χ0v) is 10.9. The Labute approximate surface area is 111 Å². The Hall–Kier alpha value is -1.76. The van der Waals surface area contributed by atoms with Crippen molar-refractivity contribution in [2.45, 2.75) is 17.7 Å². The van der Waals surface area contributed by atoms with Crippen LogP contribution in [0.3, 0.4) is 0 Å². The largest absolute Gasteiger partial charge is 0.295 e. The highest BCUT2D eigenvalue weighted by molar-refractivity contribution is 9.10. The number of imide groups is 1. The van der Waals surface area contributed by atoms with Gasteiger partial charge in [0.15, 0.2) is 0 Å². The number of carbonyl (C=O) groups excluding carboxylic acids is 2. The van der Waals surface area contributed by atoms with Crippen LogP contribution in [0.5, 0.6) is 0 Å². The summed E-state index contributed by atoms with van der Waals surface area (Å²) in [4.78, 5) is 32.6. The fourth-order valence-corrected chi connectivity index (χ4v) is 2.55. The summed E-state index contributed by atoms with van der Waals surface area (Å²) in [5, 5.41) is 13.0. The average Bonchev–Trinajstić information content (AvgIpc) is 2.54. The van der Waals surface area contributed by atoms with Crippen LogP contribution in [0.4, 0.5) is 5.69 Å². The number of amides is 2. The number of nitrogens with zero attached hydrogens (tertiary/aromatic N) is 1. The molecular weight excluding hydrogens is 304 g/mol. The molecule has 0 spiro atoms. The summed E-state index contributed by atoms with van der Waals surface area (Å²) in [5.41, 5.74) is 0.913. The van der Waals surface area contributed by atoms with Gasteiger partial charge in [-0.25, -0.2) is 0 Å². The minimum atomic E-state index is -0.725. The molecule has 1 aliphatic heterocycles. The predicted octanol–water partition coefficient (Wildman–Crippen LogP) is 1.41. The smallest absolute Gasteiger partial charge is 0.272 e. The summed E-state index contributed by atoms with van der Waals surface area (Å²) < 4.78 is 0. The Morgan fingerprint density at radius 1 is 1.33 bits per heavy atom. The summed E-state index contributed by atoms with van der Waals surface area (Å²) >= 11 is 3.12. The summed E-state index contributed by atoms with van der Waals surface area (Å²) in [6.45, 7) is 1.62. The van der Waals surface area contributed by atoms with Gasteiger partial charge in [0.25, 0.3) is 5.69 Å². The normalized spacial score (nSPS) is 23.0. The molecular formula is C11H9BrN2O4. The van der Waals surface area contributed by atoms with Crippen LogP contribution in [0.2, 0.25) is 0 Å². The number of rotatable bonds is 2. The highest BCUT2D eigenvalue weighted by atomic mass is 79.9. The van der Waals surface area contributed by atoms with Gasteiger partial charge in [-0.2, -0.15) is 0 Å². The van der Waals surface area contributed by atoms with E-state index in [1.807, 2.05) is 0 Å². The van der Waals surface area contributed by atoms with E-state index in [4.69, 9.17) is 0 Å². The van der Waals surface area contributed by atoms with E-state index < -0.39 is 27.5 Å². The van der Waals surface area contributed by atoms with Crippen LogP contribution in [0.25, 0.3) is 0 Å². The Bertz CT molecular complexity index is 558. The van der Waals surface area contributed by atoms with Gasteiger partial charge in [-0.15, -0.1) is 0 Å². The van der Waals surface area contributed by atoms with Gasteiger partial charge in [0.05, 0.1) is 10.8 Å². The second-order valence-electron chi connectivity index (χ2n) is 4.04. The Balaban J connectivity index is 2.46. The first-order valence-corrected chi connectivity index (χ1v) is 6.07. The topological polar surface area (TPSA) is 89.3 Å². The number of alkyl halides is 1. The van der Waals surface area contributed by atoms with Crippen LogP contribution in [-0.2, 0) is 9.59 Å². The van der Waals surface area contributed by atoms with E-state index >= 15 is 0 Å². The van der Waals surface area contributed by atoms with Crippen LogP contribution in [0, 0.1) is 17.0 Å². The van der Waals surface area contributed by atoms with Gasteiger partial charge in [-0.1, -0.05) is 28.1 Å². The summed E-state index contributed by atoms with van der Waals surface area (Å²) in [5.74, 6) is -1.59. The van der Waals surface area contributed by atoms with Crippen molar-refractivity contribution in [2.24, 2.45) is 0 Å². The van der Waals surface area contributed by atoms with Crippen LogP contribution in [0.1, 0.15) is 17.0 Å². The van der Waals surface area contributed by atoms with Crippen LogP contribution < -0.4 is 5.32 Å². The number of nitro groups is 1. The van der Waals surface area contributed by atoms with Crippen molar-refractivity contribution in [1.29, 1.82) is 0 Å². The van der Waals surface area contributed by atoms with Gasteiger partial charge in [0, 0.05) is 11.6 Å². The van der Waals surface area contributed by atoms with Crippen molar-refractivity contribution < 1.29 is 14.5 Å². The Morgan fingerprint density at radius 2 is 2.00 bits per heavy atom. The molecule has 0 radical (unpaired) electrons. The molecule has 1 aromatic carbocycles. The zero-order valence-electron chi connectivity index (χ0n) is 9.34. The lowest BCUT2D eigenvalue weighted by molar-refractivity contribution is -0.385. The molecule has 2 rings (SSSR count). The van der Waals surface area contributed by atoms with E-state index in [1.54, 1.807) is 19.1 Å². The Morgan fingerprint density at radius 3 is 2.50 bits per heavy atom. The van der Waals surface area contributed by atoms with E-state index in [0.29, 0.717) is 11.1 Å². The van der Waals surface area contributed by atoms with E-state index in [9.17, 15) is 19.7 Å². The number of hydrogen-bond donors (Lipinski definition) is 1. The second-order valence-corrected chi connectivity index (χ2v) is 5.02. The molecule has 94 valence electrons. The maximum atomic E-state index is 11.6. The van der Waals surface area contributed by atoms with Crippen LogP contribution in [-0.4, -0.2) is 21.6 Å². The molecule has 1 fully saturated rings. The molecule has 0 saturated carbocycles. The van der Waals surface area contributed by atoms with E-state index in [-0.39, 0.29) is 5.69 Å². The summed E-state index contributed by atoms with van der Waals surface area (Å²) in [7, 11) is 0. The number of benzene rings is 1. The fraction of sp³-hybridized carbons (Fsp3) is 0.273. The molecule has 0 bridgehead atoms. The maximum absolute atomic E-state index is 11.6. The maximum Gasteiger partial charge on any atom is 0.272 e. The third-order valence-corrected chi connectivity index (χ3v) is 3.81. The molecule has 1 aromatic rings. The van der Waals surface area contributed by atoms with Crippen LogP contribution in [0.15, 0.2) is 18.2 Å². The highest BCUT2D eigenvalue weighted by Crippen LogP contribution is 2.32. The van der Waals surface area contributed by atoms with Gasteiger partial charge >= 0.3 is 0 Å². The molecule has 6 nitrogen and oxygen atoms in total. The summed E-state index contributed by atoms with van der Waals surface area (Å²) in [6, 6.07) is 4.54. The number of carbonyl (C=O) groups is 2. The second kappa shape index (κ2) is 4.49. The lowest BCUT2D eigenvalue weighted by Crippen LogP contribution is -2.22. The SMILES string of the molecule is Cc1ccc(C2C(=O)NC(=O)C2Br)cc1[N+](=O)[O-]. The summed E-state index contributed by atoms with van der Waals surface area (Å²) in [6.07, 6.45) is 0. The number of aryl methyl sites for hydroxylation is 1. The third kappa shape index (κ3) is 2.01. The van der Waals surface area contributed by atoms with E-state index in [2.05, 4.69) is 21.2 Å². The molecule has 1 heterocycles. The number of halogens is 1. The Kier molecular flexibility index (Phi) is 3.16. The molecule has 18 heavy (non-hydrogen) atoms. The van der Waals surface area contributed by atoms with Gasteiger partial charge in [0.2, 0.25) is 11.8 Å². The van der Waals surface area contributed by atoms with E-state index in [0.717, 1.165) is 0 Å². The molecule has 1 N–H and O–H groups in total. The fourth-order valence-electron chi connectivity index (χ4n) is 1.89. The minimum Gasteiger partial charge on any atom is -0.295 e. The van der Waals surface area contributed by atoms with Crippen molar-refractivity contribution in [3.8, 4) is 0 Å². The van der Waals surface area contributed by atoms with Gasteiger partial charge in [-0.3, -0.25) is 25.0 Å². The highest BCUT2D eigenvalue weighted by Gasteiger charge is 2.41. The van der Waals surface area contributed by atoms with Crippen molar-refractivity contribution in [3.63, 3.8) is 0 Å². The number of nitrogens with one attached hydrogen (secondary N) is 1. The van der Waals surface area contributed by atoms with Gasteiger partial charge in [0.1, 0.15) is 4.83 Å². The van der Waals surface area contributed by atoms with Crippen molar-refractivity contribution in [2.75, 3.05) is 0 Å². The van der Waals surface area contributed by atoms with E-state index in [1.165, 1.54) is 6.07 Å². The molecule has 0 aromatic heterocycles. The zero-order chi connectivity index (χ0) is 13.4. The predicted molar refractivity (Wildman–Crippen MR) is 66.4 cm³/mol. The lowest BCUT2D eigenvalue weighted by Gasteiger charge is -2.10. The van der Waals surface area contributed by atoms with Crippen molar-refractivity contribution in [1.82, 2.24) is 5.32 Å². The molecule has 2 unspecified atom stereocenters. The third-order valence-electron chi connectivity index (χ3n) is 2.86. The molecule has 1 aliphatic rings. The first-order chi connectivity index (χ1) is 8.41. The average molecular weight is 313 g/mol. The molecule has 7 heteroatoms.